The van der Waals surface area contributed by atoms with Crippen LogP contribution < -0.4 is 30.9 Å². The maximum absolute atomic E-state index is 14.2. The molecule has 304 valence electrons. The highest BCUT2D eigenvalue weighted by Crippen LogP contribution is 2.25. The van der Waals surface area contributed by atoms with Crippen molar-refractivity contribution in [1.29, 1.82) is 0 Å². The summed E-state index contributed by atoms with van der Waals surface area (Å²) in [5.74, 6) is -2.19. The molecular weight excluding hydrogens is 810 g/mol. The van der Waals surface area contributed by atoms with Gasteiger partial charge in [0.15, 0.2) is 0 Å². The third-order valence-electron chi connectivity index (χ3n) is 9.31. The molecule has 0 saturated carbocycles. The van der Waals surface area contributed by atoms with Crippen molar-refractivity contribution in [2.45, 2.75) is 71.0 Å². The number of benzene rings is 3. The van der Waals surface area contributed by atoms with Gasteiger partial charge in [0, 0.05) is 60.1 Å². The second-order valence-corrected chi connectivity index (χ2v) is 17.1. The van der Waals surface area contributed by atoms with Crippen LogP contribution in [0.5, 0.6) is 0 Å². The maximum Gasteiger partial charge on any atom is 0.251 e. The van der Waals surface area contributed by atoms with Gasteiger partial charge in [0.2, 0.25) is 21.8 Å². The standard InChI is InChI=1S/C42H52BrN7O6S/c1-7-44-42(54)38(27(2)3)49-39(51)29(5)46-25-36(24-35-15-11-12-20-45-35)48-41(53)33-21-32(40(52)47-28(4)31-16-18-34(43)19-17-31)22-37(23-33)50(6)57(55,56)26-30-13-9-8-10-14-30/h8-23,27-29,36,38,46H,7,24-26H2,1-6H3,(H,44,54)(H,47,52)(H,48,53)(H,49,51)/t28-,29+,36+,38+/m1/s1. The molecule has 4 rings (SSSR count). The largest absolute Gasteiger partial charge is 0.355 e. The molecule has 0 radical (unpaired) electrons. The molecule has 0 spiro atoms. The molecular formula is C42H52BrN7O6S. The smallest absolute Gasteiger partial charge is 0.251 e. The lowest BCUT2D eigenvalue weighted by Gasteiger charge is -2.25. The SMILES string of the molecule is CCNC(=O)[C@@H](NC(=O)[C@H](C)NC[C@H](Cc1ccccn1)NC(=O)c1cc(C(=O)N[C@H](C)c2ccc(Br)cc2)cc(N(C)S(=O)(=O)Cc2ccccc2)c1)C(C)C. The van der Waals surface area contributed by atoms with Crippen LogP contribution in [0.4, 0.5) is 5.69 Å². The second-order valence-electron chi connectivity index (χ2n) is 14.2. The summed E-state index contributed by atoms with van der Waals surface area (Å²) in [5, 5.41) is 14.7. The molecule has 0 fully saturated rings. The van der Waals surface area contributed by atoms with Crippen molar-refractivity contribution >= 4 is 55.3 Å². The number of sulfonamides is 1. The molecule has 0 aliphatic heterocycles. The normalized spacial score (nSPS) is 13.5. The Morgan fingerprint density at radius 2 is 1.42 bits per heavy atom. The van der Waals surface area contributed by atoms with E-state index in [4.69, 9.17) is 0 Å². The molecule has 4 amide bonds. The summed E-state index contributed by atoms with van der Waals surface area (Å²) >= 11 is 3.43. The van der Waals surface area contributed by atoms with Gasteiger partial charge in [-0.15, -0.1) is 0 Å². The summed E-state index contributed by atoms with van der Waals surface area (Å²) < 4.78 is 29.3. The van der Waals surface area contributed by atoms with Gasteiger partial charge in [0.25, 0.3) is 11.8 Å². The van der Waals surface area contributed by atoms with Crippen LogP contribution in [0.2, 0.25) is 0 Å². The van der Waals surface area contributed by atoms with Crippen molar-refractivity contribution in [1.82, 2.24) is 31.6 Å². The van der Waals surface area contributed by atoms with E-state index >= 15 is 0 Å². The minimum atomic E-state index is -3.95. The van der Waals surface area contributed by atoms with Crippen molar-refractivity contribution in [2.75, 3.05) is 24.4 Å². The number of amides is 4. The third-order valence-corrected chi connectivity index (χ3v) is 11.6. The van der Waals surface area contributed by atoms with Gasteiger partial charge in [-0.3, -0.25) is 28.5 Å². The molecule has 1 aromatic heterocycles. The molecule has 0 aliphatic carbocycles. The fourth-order valence-corrected chi connectivity index (χ4v) is 7.43. The zero-order valence-corrected chi connectivity index (χ0v) is 35.5. The zero-order chi connectivity index (χ0) is 41.7. The highest BCUT2D eigenvalue weighted by molar-refractivity contribution is 9.10. The summed E-state index contributed by atoms with van der Waals surface area (Å²) in [5.41, 5.74) is 2.36. The lowest BCUT2D eigenvalue weighted by Crippen LogP contribution is -2.55. The van der Waals surface area contributed by atoms with Gasteiger partial charge in [-0.25, -0.2) is 8.42 Å². The van der Waals surface area contributed by atoms with E-state index in [9.17, 15) is 27.6 Å². The number of carbonyl (C=O) groups is 4. The average molecular weight is 863 g/mol. The van der Waals surface area contributed by atoms with Crippen LogP contribution in [0, 0.1) is 5.92 Å². The van der Waals surface area contributed by atoms with Gasteiger partial charge >= 0.3 is 0 Å². The van der Waals surface area contributed by atoms with Gasteiger partial charge < -0.3 is 26.6 Å². The summed E-state index contributed by atoms with van der Waals surface area (Å²) in [4.78, 5) is 58.2. The average Bonchev–Trinajstić information content (AvgIpc) is 3.18. The number of nitrogens with one attached hydrogen (secondary N) is 5. The number of halogens is 1. The fraction of sp³-hybridized carbons (Fsp3) is 0.357. The first-order valence-electron chi connectivity index (χ1n) is 18.8. The lowest BCUT2D eigenvalue weighted by molar-refractivity contribution is -0.130. The van der Waals surface area contributed by atoms with Crippen molar-refractivity contribution in [3.05, 3.63) is 130 Å². The van der Waals surface area contributed by atoms with Gasteiger partial charge in [0.1, 0.15) is 6.04 Å². The predicted octanol–water partition coefficient (Wildman–Crippen LogP) is 4.90. The van der Waals surface area contributed by atoms with Crippen LogP contribution in [0.15, 0.2) is 102 Å². The Balaban J connectivity index is 1.62. The molecule has 3 aromatic carbocycles. The van der Waals surface area contributed by atoms with Gasteiger partial charge in [-0.1, -0.05) is 78.3 Å². The van der Waals surface area contributed by atoms with Gasteiger partial charge in [-0.05, 0) is 80.3 Å². The monoisotopic (exact) mass is 861 g/mol. The van der Waals surface area contributed by atoms with Gasteiger partial charge in [0.05, 0.1) is 23.5 Å². The first-order chi connectivity index (χ1) is 27.1. The maximum atomic E-state index is 14.2. The Labute approximate surface area is 344 Å². The number of hydrogen-bond acceptors (Lipinski definition) is 8. The summed E-state index contributed by atoms with van der Waals surface area (Å²) in [6, 6.07) is 23.5. The minimum Gasteiger partial charge on any atom is -0.355 e. The molecule has 0 saturated heterocycles. The number of likely N-dealkylation sites (N-methyl/N-ethyl adjacent to an activating group) is 1. The van der Waals surface area contributed by atoms with Crippen LogP contribution in [-0.4, -0.2) is 75.3 Å². The molecule has 0 bridgehead atoms. The van der Waals surface area contributed by atoms with Crippen LogP contribution >= 0.6 is 15.9 Å². The first-order valence-corrected chi connectivity index (χ1v) is 21.2. The topological polar surface area (TPSA) is 179 Å². The van der Waals surface area contributed by atoms with Crippen molar-refractivity contribution < 1.29 is 27.6 Å². The zero-order valence-electron chi connectivity index (χ0n) is 33.1. The molecule has 13 nitrogen and oxygen atoms in total. The molecule has 57 heavy (non-hydrogen) atoms. The summed E-state index contributed by atoms with van der Waals surface area (Å²) in [6.07, 6.45) is 1.92. The molecule has 4 atom stereocenters. The Morgan fingerprint density at radius 3 is 2.02 bits per heavy atom. The fourth-order valence-electron chi connectivity index (χ4n) is 5.94. The molecule has 4 aromatic rings. The highest BCUT2D eigenvalue weighted by atomic mass is 79.9. The second kappa shape index (κ2) is 20.9. The molecule has 15 heteroatoms. The van der Waals surface area contributed by atoms with Crippen LogP contribution in [0.1, 0.15) is 78.2 Å². The van der Waals surface area contributed by atoms with E-state index in [1.807, 2.05) is 57.2 Å². The van der Waals surface area contributed by atoms with Crippen molar-refractivity contribution in [3.63, 3.8) is 0 Å². The molecule has 0 unspecified atom stereocenters. The number of carbonyl (C=O) groups excluding carboxylic acids is 4. The Kier molecular flexibility index (Phi) is 16.3. The number of nitrogens with zero attached hydrogens (tertiary/aromatic N) is 2. The van der Waals surface area contributed by atoms with E-state index in [1.54, 1.807) is 56.4 Å². The summed E-state index contributed by atoms with van der Waals surface area (Å²) in [7, 11) is -2.56. The molecule has 5 N–H and O–H groups in total. The van der Waals surface area contributed by atoms with Crippen LogP contribution in [0.3, 0.4) is 0 Å². The number of hydrogen-bond donors (Lipinski definition) is 5. The van der Waals surface area contributed by atoms with E-state index in [-0.39, 0.29) is 53.3 Å². The Hall–Kier alpha value is -5.12. The van der Waals surface area contributed by atoms with E-state index in [0.717, 1.165) is 14.3 Å². The highest BCUT2D eigenvalue weighted by Gasteiger charge is 2.27. The van der Waals surface area contributed by atoms with E-state index in [0.29, 0.717) is 17.8 Å². The van der Waals surface area contributed by atoms with Crippen molar-refractivity contribution in [2.24, 2.45) is 5.92 Å². The van der Waals surface area contributed by atoms with E-state index in [2.05, 4.69) is 47.5 Å². The number of anilines is 1. The molecule has 0 aliphatic rings. The number of pyridine rings is 1. The van der Waals surface area contributed by atoms with E-state index in [1.165, 1.54) is 25.2 Å². The van der Waals surface area contributed by atoms with Gasteiger partial charge in [-0.2, -0.15) is 0 Å². The third kappa shape index (κ3) is 13.2. The number of rotatable bonds is 19. The quantitative estimate of drug-likeness (QED) is 0.0885. The molecule has 1 heterocycles. The lowest BCUT2D eigenvalue weighted by atomic mass is 10.0. The van der Waals surface area contributed by atoms with Crippen LogP contribution in [-0.2, 0) is 31.8 Å². The number of aromatic nitrogens is 1. The Bertz CT molecular complexity index is 2090. The minimum absolute atomic E-state index is 0.0502. The Morgan fingerprint density at radius 1 is 0.789 bits per heavy atom. The predicted molar refractivity (Wildman–Crippen MR) is 226 cm³/mol. The van der Waals surface area contributed by atoms with Crippen LogP contribution in [0.25, 0.3) is 0 Å². The summed E-state index contributed by atoms with van der Waals surface area (Å²) in [6.45, 7) is 9.56. The van der Waals surface area contributed by atoms with E-state index < -0.39 is 46.0 Å². The first kappa shape index (κ1) is 44.6. The van der Waals surface area contributed by atoms with Crippen molar-refractivity contribution in [3.8, 4) is 0 Å².